The van der Waals surface area contributed by atoms with Crippen LogP contribution in [0.25, 0.3) is 22.0 Å². The summed E-state index contributed by atoms with van der Waals surface area (Å²) in [6.45, 7) is 0. The van der Waals surface area contributed by atoms with Gasteiger partial charge in [-0.3, -0.25) is 4.79 Å². The second-order valence-corrected chi connectivity index (χ2v) is 6.94. The van der Waals surface area contributed by atoms with Gasteiger partial charge in [-0.1, -0.05) is 36.4 Å². The third-order valence-corrected chi connectivity index (χ3v) is 4.26. The summed E-state index contributed by atoms with van der Waals surface area (Å²) in [5.74, 6) is -0.245. The summed E-state index contributed by atoms with van der Waals surface area (Å²) >= 11 is 0. The Morgan fingerprint density at radius 1 is 1.09 bits per heavy atom. The van der Waals surface area contributed by atoms with E-state index in [9.17, 15) is 13.2 Å². The molecular weight excluding hydrogens is 314 g/mol. The summed E-state index contributed by atoms with van der Waals surface area (Å²) in [4.78, 5) is 12.2. The highest BCUT2D eigenvalue weighted by Gasteiger charge is 2.12. The molecule has 118 valence electrons. The lowest BCUT2D eigenvalue weighted by Crippen LogP contribution is -2.20. The van der Waals surface area contributed by atoms with Gasteiger partial charge in [0.15, 0.2) is 0 Å². The molecule has 1 heterocycles. The lowest BCUT2D eigenvalue weighted by atomic mass is 10.0. The maximum Gasteiger partial charge on any atom is 0.274 e. The predicted molar refractivity (Wildman–Crippen MR) is 89.2 cm³/mol. The minimum atomic E-state index is -3.61. The van der Waals surface area contributed by atoms with Crippen molar-refractivity contribution in [3.63, 3.8) is 0 Å². The Hall–Kier alpha value is -2.51. The zero-order valence-electron chi connectivity index (χ0n) is 12.4. The number of hydrogen-bond donors (Lipinski definition) is 1. The molecule has 2 N–H and O–H groups in total. The van der Waals surface area contributed by atoms with Crippen LogP contribution in [-0.2, 0) is 22.8 Å². The lowest BCUT2D eigenvalue weighted by molar-refractivity contribution is 0.597. The molecule has 0 atom stereocenters. The Bertz CT molecular complexity index is 1060. The minimum absolute atomic E-state index is 0.176. The van der Waals surface area contributed by atoms with E-state index < -0.39 is 10.0 Å². The van der Waals surface area contributed by atoms with Crippen molar-refractivity contribution in [2.24, 2.45) is 12.2 Å². The fraction of sp³-hybridized carbons (Fsp3) is 0.125. The van der Waals surface area contributed by atoms with Gasteiger partial charge in [0.2, 0.25) is 10.0 Å². The van der Waals surface area contributed by atoms with Gasteiger partial charge in [-0.15, -0.1) is 0 Å². The predicted octanol–water partition coefficient (Wildman–Crippen LogP) is 1.39. The van der Waals surface area contributed by atoms with E-state index in [1.54, 1.807) is 37.4 Å². The smallest absolute Gasteiger partial charge is 0.267 e. The number of nitrogens with zero attached hydrogens (tertiary/aromatic N) is 2. The third-order valence-electron chi connectivity index (χ3n) is 3.52. The van der Waals surface area contributed by atoms with Crippen molar-refractivity contribution in [2.45, 2.75) is 5.75 Å². The summed E-state index contributed by atoms with van der Waals surface area (Å²) in [7, 11) is -2.02. The molecule has 6 nitrogen and oxygen atoms in total. The van der Waals surface area contributed by atoms with E-state index in [2.05, 4.69) is 5.10 Å². The number of nitrogens with two attached hydrogens (primary N) is 1. The summed E-state index contributed by atoms with van der Waals surface area (Å²) in [5, 5.41) is 10.7. The molecule has 0 fully saturated rings. The maximum absolute atomic E-state index is 12.2. The average Bonchev–Trinajstić information content (AvgIpc) is 2.49. The second kappa shape index (κ2) is 5.60. The topological polar surface area (TPSA) is 95.1 Å². The van der Waals surface area contributed by atoms with Crippen LogP contribution in [0.1, 0.15) is 5.56 Å². The molecule has 0 spiro atoms. The van der Waals surface area contributed by atoms with Gasteiger partial charge in [-0.25, -0.2) is 18.2 Å². The number of aromatic nitrogens is 2. The fourth-order valence-electron chi connectivity index (χ4n) is 2.55. The Morgan fingerprint density at radius 2 is 1.78 bits per heavy atom. The van der Waals surface area contributed by atoms with Crippen LogP contribution in [0.3, 0.4) is 0 Å². The van der Waals surface area contributed by atoms with Crippen molar-refractivity contribution in [3.05, 3.63) is 64.4 Å². The van der Waals surface area contributed by atoms with Gasteiger partial charge in [0, 0.05) is 18.0 Å². The van der Waals surface area contributed by atoms with Crippen LogP contribution >= 0.6 is 0 Å². The number of aryl methyl sites for hydroxylation is 1. The Kier molecular flexibility index (Phi) is 3.75. The molecule has 7 heteroatoms. The van der Waals surface area contributed by atoms with Crippen molar-refractivity contribution in [1.82, 2.24) is 9.78 Å². The summed E-state index contributed by atoms with van der Waals surface area (Å²) in [6.07, 6.45) is 0. The highest BCUT2D eigenvalue weighted by atomic mass is 32.2. The highest BCUT2D eigenvalue weighted by Crippen LogP contribution is 2.25. The first-order valence-corrected chi connectivity index (χ1v) is 8.62. The molecule has 0 radical (unpaired) electrons. The molecule has 0 amide bonds. The van der Waals surface area contributed by atoms with E-state index in [-0.39, 0.29) is 11.3 Å². The first kappa shape index (κ1) is 15.4. The van der Waals surface area contributed by atoms with Crippen LogP contribution in [0, 0.1) is 0 Å². The largest absolute Gasteiger partial charge is 0.274 e. The van der Waals surface area contributed by atoms with E-state index in [1.165, 1.54) is 4.68 Å². The molecule has 3 aromatic rings. The van der Waals surface area contributed by atoms with Crippen LogP contribution in [0.2, 0.25) is 0 Å². The molecular formula is C16H15N3O3S. The summed E-state index contributed by atoms with van der Waals surface area (Å²) in [6, 6.07) is 14.2. The zero-order valence-corrected chi connectivity index (χ0v) is 13.2. The first-order valence-electron chi connectivity index (χ1n) is 6.91. The molecule has 1 aromatic heterocycles. The molecule has 0 aliphatic heterocycles. The quantitative estimate of drug-likeness (QED) is 0.785. The van der Waals surface area contributed by atoms with Crippen molar-refractivity contribution >= 4 is 20.8 Å². The molecule has 0 saturated carbocycles. The molecule has 0 unspecified atom stereocenters. The van der Waals surface area contributed by atoms with Crippen LogP contribution < -0.4 is 10.7 Å². The number of rotatable bonds is 3. The molecule has 23 heavy (non-hydrogen) atoms. The molecule has 0 bridgehead atoms. The lowest BCUT2D eigenvalue weighted by Gasteiger charge is -2.09. The third kappa shape index (κ3) is 3.15. The van der Waals surface area contributed by atoms with E-state index in [1.807, 2.05) is 18.2 Å². The van der Waals surface area contributed by atoms with Gasteiger partial charge >= 0.3 is 0 Å². The zero-order chi connectivity index (χ0) is 16.6. The molecule has 2 aromatic carbocycles. The van der Waals surface area contributed by atoms with Crippen molar-refractivity contribution in [3.8, 4) is 11.3 Å². The Morgan fingerprint density at radius 3 is 2.48 bits per heavy atom. The monoisotopic (exact) mass is 329 g/mol. The van der Waals surface area contributed by atoms with Crippen LogP contribution in [-0.4, -0.2) is 18.2 Å². The van der Waals surface area contributed by atoms with Crippen LogP contribution in [0.4, 0.5) is 0 Å². The number of hydrogen-bond acceptors (Lipinski definition) is 4. The van der Waals surface area contributed by atoms with E-state index >= 15 is 0 Å². The number of primary sulfonamides is 1. The summed E-state index contributed by atoms with van der Waals surface area (Å²) in [5.41, 5.74) is 1.76. The van der Waals surface area contributed by atoms with Gasteiger partial charge in [0.25, 0.3) is 5.56 Å². The van der Waals surface area contributed by atoms with E-state index in [4.69, 9.17) is 5.14 Å². The maximum atomic E-state index is 12.2. The summed E-state index contributed by atoms with van der Waals surface area (Å²) < 4.78 is 23.8. The Balaban J connectivity index is 2.24. The SMILES string of the molecule is Cn1nc(-c2cccc(CS(N)(=O)=O)c2)c2ccccc2c1=O. The average molecular weight is 329 g/mol. The normalized spacial score (nSPS) is 11.7. The van der Waals surface area contributed by atoms with Crippen LogP contribution in [0.15, 0.2) is 53.3 Å². The molecule has 0 aliphatic rings. The minimum Gasteiger partial charge on any atom is -0.267 e. The van der Waals surface area contributed by atoms with Gasteiger partial charge < -0.3 is 0 Å². The van der Waals surface area contributed by atoms with Crippen LogP contribution in [0.5, 0.6) is 0 Å². The highest BCUT2D eigenvalue weighted by molar-refractivity contribution is 7.88. The fourth-order valence-corrected chi connectivity index (χ4v) is 3.20. The van der Waals surface area contributed by atoms with Gasteiger partial charge in [0.05, 0.1) is 16.8 Å². The van der Waals surface area contributed by atoms with E-state index in [0.717, 1.165) is 10.9 Å². The van der Waals surface area contributed by atoms with Gasteiger partial charge in [-0.2, -0.15) is 5.10 Å². The van der Waals surface area contributed by atoms with Crippen molar-refractivity contribution in [1.29, 1.82) is 0 Å². The van der Waals surface area contributed by atoms with Gasteiger partial charge in [-0.05, 0) is 17.7 Å². The standard InChI is InChI=1S/C16H15N3O3S/c1-19-16(20)14-8-3-2-7-13(14)15(18-19)12-6-4-5-11(9-12)10-23(17,21)22/h2-9H,10H2,1H3,(H2,17,21,22). The molecule has 0 saturated heterocycles. The van der Waals surface area contributed by atoms with Crippen molar-refractivity contribution in [2.75, 3.05) is 0 Å². The first-order chi connectivity index (χ1) is 10.8. The second-order valence-electron chi connectivity index (χ2n) is 5.33. The van der Waals surface area contributed by atoms with Gasteiger partial charge in [0.1, 0.15) is 0 Å². The molecule has 3 rings (SSSR count). The van der Waals surface area contributed by atoms with Crippen molar-refractivity contribution < 1.29 is 8.42 Å². The van der Waals surface area contributed by atoms with E-state index in [0.29, 0.717) is 16.6 Å². The number of sulfonamides is 1. The Labute approximate surface area is 133 Å². The number of benzene rings is 2. The number of fused-ring (bicyclic) bond motifs is 1. The molecule has 0 aliphatic carbocycles.